The third-order valence-electron chi connectivity index (χ3n) is 6.68. The van der Waals surface area contributed by atoms with Crippen LogP contribution in [0.1, 0.15) is 50.8 Å². The number of nitrogens with one attached hydrogen (secondary N) is 2. The van der Waals surface area contributed by atoms with E-state index in [4.69, 9.17) is 0 Å². The van der Waals surface area contributed by atoms with Crippen molar-refractivity contribution in [2.24, 2.45) is 0 Å². The van der Waals surface area contributed by atoms with Crippen molar-refractivity contribution >= 4 is 41.7 Å². The predicted molar refractivity (Wildman–Crippen MR) is 137 cm³/mol. The highest BCUT2D eigenvalue weighted by molar-refractivity contribution is 7.81. The second-order valence-electron chi connectivity index (χ2n) is 10.0. The lowest BCUT2D eigenvalue weighted by atomic mass is 10.0. The summed E-state index contributed by atoms with van der Waals surface area (Å²) in [5.41, 5.74) is 1.64. The maximum atomic E-state index is 14.8. The number of aromatic nitrogens is 1. The summed E-state index contributed by atoms with van der Waals surface area (Å²) < 4.78 is 28.0. The zero-order valence-corrected chi connectivity index (χ0v) is 22.1. The minimum atomic E-state index is -1.93. The van der Waals surface area contributed by atoms with E-state index in [-0.39, 0.29) is 19.4 Å². The molecule has 3 amide bonds. The van der Waals surface area contributed by atoms with Gasteiger partial charge in [0.1, 0.15) is 17.9 Å². The Morgan fingerprint density at radius 1 is 1.33 bits per heavy atom. The fourth-order valence-corrected chi connectivity index (χ4v) is 5.30. The average molecular weight is 537 g/mol. The van der Waals surface area contributed by atoms with E-state index in [0.29, 0.717) is 24.9 Å². The van der Waals surface area contributed by atoms with Gasteiger partial charge in [0.2, 0.25) is 11.8 Å². The number of carbonyl (C=O) groups is 3. The standard InChI is InChI=1S/C25H30F2N4O3S2/c1-14-19(36-13-29-14)15-6-7-16(17(26)11-15)12-28-21(32)18-5-4-10-31(18)22(33)20(24(2,3)35)30-23(34)25(27)8-9-25/h6-7,11,13,18,20,35H,4-5,8-10,12H2,1-3H3,(H,28,32)(H,30,34). The van der Waals surface area contributed by atoms with Crippen molar-refractivity contribution in [3.05, 3.63) is 40.8 Å². The van der Waals surface area contributed by atoms with Gasteiger partial charge in [-0.3, -0.25) is 14.4 Å². The molecule has 36 heavy (non-hydrogen) atoms. The molecule has 1 saturated heterocycles. The maximum Gasteiger partial charge on any atom is 0.258 e. The maximum absolute atomic E-state index is 14.8. The van der Waals surface area contributed by atoms with Gasteiger partial charge in [0.25, 0.3) is 5.91 Å². The quantitative estimate of drug-likeness (QED) is 0.450. The third kappa shape index (κ3) is 5.56. The van der Waals surface area contributed by atoms with Crippen LogP contribution in [0.2, 0.25) is 0 Å². The number of rotatable bonds is 8. The Kier molecular flexibility index (Phi) is 7.43. The molecule has 4 rings (SSSR count). The molecule has 11 heteroatoms. The van der Waals surface area contributed by atoms with Crippen molar-refractivity contribution in [2.45, 2.75) is 75.5 Å². The molecule has 194 valence electrons. The minimum Gasteiger partial charge on any atom is -0.350 e. The van der Waals surface area contributed by atoms with E-state index in [1.807, 2.05) is 6.92 Å². The van der Waals surface area contributed by atoms with Crippen LogP contribution in [-0.4, -0.2) is 56.6 Å². The number of thiol groups is 1. The second-order valence-corrected chi connectivity index (χ2v) is 12.0. The third-order valence-corrected chi connectivity index (χ3v) is 7.91. The van der Waals surface area contributed by atoms with E-state index in [9.17, 15) is 23.2 Å². The van der Waals surface area contributed by atoms with Crippen molar-refractivity contribution in [3.8, 4) is 10.4 Å². The summed E-state index contributed by atoms with van der Waals surface area (Å²) in [5.74, 6) is -2.16. The van der Waals surface area contributed by atoms with Crippen LogP contribution in [-0.2, 0) is 20.9 Å². The number of alkyl halides is 1. The van der Waals surface area contributed by atoms with Gasteiger partial charge in [-0.25, -0.2) is 13.8 Å². The molecule has 1 aliphatic carbocycles. The molecular weight excluding hydrogens is 506 g/mol. The Balaban J connectivity index is 1.42. The van der Waals surface area contributed by atoms with E-state index >= 15 is 0 Å². The Hall–Kier alpha value is -2.53. The SMILES string of the molecule is Cc1ncsc1-c1ccc(CNC(=O)C2CCCN2C(=O)C(NC(=O)C2(F)CC2)C(C)(C)S)c(F)c1. The topological polar surface area (TPSA) is 91.4 Å². The van der Waals surface area contributed by atoms with Gasteiger partial charge < -0.3 is 15.5 Å². The van der Waals surface area contributed by atoms with Crippen LogP contribution in [0, 0.1) is 12.7 Å². The molecule has 2 heterocycles. The van der Waals surface area contributed by atoms with Crippen molar-refractivity contribution in [2.75, 3.05) is 6.54 Å². The van der Waals surface area contributed by atoms with Gasteiger partial charge in [-0.15, -0.1) is 11.3 Å². The molecular formula is C25H30F2N4O3S2. The lowest BCUT2D eigenvalue weighted by Gasteiger charge is -2.35. The molecule has 2 atom stereocenters. The zero-order valence-electron chi connectivity index (χ0n) is 20.4. The fraction of sp³-hybridized carbons (Fsp3) is 0.520. The van der Waals surface area contributed by atoms with Crippen molar-refractivity contribution in [1.82, 2.24) is 20.5 Å². The smallest absolute Gasteiger partial charge is 0.258 e. The lowest BCUT2D eigenvalue weighted by molar-refractivity contribution is -0.142. The summed E-state index contributed by atoms with van der Waals surface area (Å²) in [6.07, 6.45) is 1.29. The van der Waals surface area contributed by atoms with Crippen LogP contribution in [0.4, 0.5) is 8.78 Å². The Morgan fingerprint density at radius 2 is 2.06 bits per heavy atom. The van der Waals surface area contributed by atoms with E-state index in [0.717, 1.165) is 16.1 Å². The van der Waals surface area contributed by atoms with Crippen molar-refractivity contribution in [3.63, 3.8) is 0 Å². The Morgan fingerprint density at radius 3 is 2.64 bits per heavy atom. The van der Waals surface area contributed by atoms with Crippen LogP contribution in [0.5, 0.6) is 0 Å². The number of hydrogen-bond donors (Lipinski definition) is 3. The van der Waals surface area contributed by atoms with Crippen LogP contribution in [0.25, 0.3) is 10.4 Å². The summed E-state index contributed by atoms with van der Waals surface area (Å²) in [5, 5.41) is 5.25. The van der Waals surface area contributed by atoms with Gasteiger partial charge in [0.05, 0.1) is 16.1 Å². The number of thiazole rings is 1. The summed E-state index contributed by atoms with van der Waals surface area (Å²) in [7, 11) is 0. The lowest BCUT2D eigenvalue weighted by Crippen LogP contribution is -2.60. The van der Waals surface area contributed by atoms with Crippen LogP contribution >= 0.6 is 24.0 Å². The zero-order chi connectivity index (χ0) is 26.3. The van der Waals surface area contributed by atoms with Gasteiger partial charge >= 0.3 is 0 Å². The van der Waals surface area contributed by atoms with E-state index in [2.05, 4.69) is 28.2 Å². The summed E-state index contributed by atoms with van der Waals surface area (Å²) in [6.45, 7) is 5.46. The van der Waals surface area contributed by atoms with Gasteiger partial charge in [-0.2, -0.15) is 12.6 Å². The summed E-state index contributed by atoms with van der Waals surface area (Å²) in [4.78, 5) is 45.2. The number of halogens is 2. The normalized spacial score (nSPS) is 19.6. The number of carbonyl (C=O) groups excluding carboxylic acids is 3. The number of hydrogen-bond acceptors (Lipinski definition) is 6. The first-order chi connectivity index (χ1) is 16.9. The number of likely N-dealkylation sites (tertiary alicyclic amines) is 1. The van der Waals surface area contributed by atoms with Gasteiger partial charge in [-0.1, -0.05) is 12.1 Å². The first-order valence-electron chi connectivity index (χ1n) is 11.9. The predicted octanol–water partition coefficient (Wildman–Crippen LogP) is 3.56. The fourth-order valence-electron chi connectivity index (χ4n) is 4.32. The van der Waals surface area contributed by atoms with Crippen molar-refractivity contribution in [1.29, 1.82) is 0 Å². The molecule has 1 aromatic carbocycles. The first-order valence-corrected chi connectivity index (χ1v) is 13.2. The van der Waals surface area contributed by atoms with Gasteiger partial charge in [0.15, 0.2) is 5.67 Å². The van der Waals surface area contributed by atoms with Crippen LogP contribution in [0.3, 0.4) is 0 Å². The summed E-state index contributed by atoms with van der Waals surface area (Å²) >= 11 is 5.89. The molecule has 2 N–H and O–H groups in total. The molecule has 2 aromatic rings. The van der Waals surface area contributed by atoms with Crippen molar-refractivity contribution < 1.29 is 23.2 Å². The number of benzene rings is 1. The number of amides is 3. The highest BCUT2D eigenvalue weighted by atomic mass is 32.1. The molecule has 2 unspecified atom stereocenters. The molecule has 0 bridgehead atoms. The largest absolute Gasteiger partial charge is 0.350 e. The average Bonchev–Trinajstić information content (AvgIpc) is 3.20. The monoisotopic (exact) mass is 536 g/mol. The molecule has 0 radical (unpaired) electrons. The van der Waals surface area contributed by atoms with E-state index < -0.39 is 46.0 Å². The Bertz CT molecular complexity index is 1180. The molecule has 2 aliphatic rings. The molecule has 2 fully saturated rings. The second kappa shape index (κ2) is 10.1. The number of nitrogens with zero attached hydrogens (tertiary/aromatic N) is 2. The highest BCUT2D eigenvalue weighted by Gasteiger charge is 2.53. The van der Waals surface area contributed by atoms with Crippen LogP contribution in [0.15, 0.2) is 23.7 Å². The molecule has 1 aromatic heterocycles. The van der Waals surface area contributed by atoms with Gasteiger partial charge in [0, 0.05) is 23.4 Å². The molecule has 1 aliphatic heterocycles. The van der Waals surface area contributed by atoms with E-state index in [1.165, 1.54) is 22.3 Å². The first kappa shape index (κ1) is 26.5. The van der Waals surface area contributed by atoms with E-state index in [1.54, 1.807) is 31.5 Å². The molecule has 0 spiro atoms. The highest BCUT2D eigenvalue weighted by Crippen LogP contribution is 2.40. The molecule has 1 saturated carbocycles. The van der Waals surface area contributed by atoms with Gasteiger partial charge in [-0.05, 0) is 58.1 Å². The molecule has 7 nitrogen and oxygen atoms in total. The number of aryl methyl sites for hydroxylation is 1. The Labute approximate surface area is 218 Å². The van der Waals surface area contributed by atoms with Crippen LogP contribution < -0.4 is 10.6 Å². The summed E-state index contributed by atoms with van der Waals surface area (Å²) in [6, 6.07) is 2.97. The minimum absolute atomic E-state index is 0.0340.